The average Bonchev–Trinajstić information content (AvgIpc) is 2.11. The predicted molar refractivity (Wildman–Crippen MR) is 59.5 cm³/mol. The lowest BCUT2D eigenvalue weighted by atomic mass is 9.71. The van der Waals surface area contributed by atoms with Gasteiger partial charge in [0.2, 0.25) is 5.91 Å². The van der Waals surface area contributed by atoms with Gasteiger partial charge in [0.1, 0.15) is 0 Å². The number of primary amides is 1. The van der Waals surface area contributed by atoms with E-state index < -0.39 is 0 Å². The predicted octanol–water partition coefficient (Wildman–Crippen LogP) is 0.799. The largest absolute Gasteiger partial charge is 0.378 e. The fraction of sp³-hybridized carbons (Fsp3) is 0.909. The molecule has 1 aliphatic rings. The highest BCUT2D eigenvalue weighted by atomic mass is 16.5. The Bertz CT molecular complexity index is 213. The van der Waals surface area contributed by atoms with Crippen molar-refractivity contribution >= 4 is 5.91 Å². The lowest BCUT2D eigenvalue weighted by Gasteiger charge is -2.47. The van der Waals surface area contributed by atoms with Crippen molar-refractivity contribution in [2.24, 2.45) is 5.73 Å². The number of ether oxygens (including phenoxy) is 1. The molecule has 0 bridgehead atoms. The molecule has 15 heavy (non-hydrogen) atoms. The smallest absolute Gasteiger partial charge is 0.219 e. The van der Waals surface area contributed by atoms with Gasteiger partial charge in [0, 0.05) is 18.6 Å². The van der Waals surface area contributed by atoms with Gasteiger partial charge in [-0.05, 0) is 32.7 Å². The standard InChI is InChI=1S/C11H22N2O2/c1-3-5-13-11(8-10(12)14)6-9(7-11)15-4-2/h9,13H,3-8H2,1-2H3,(H2,12,14). The Morgan fingerprint density at radius 1 is 1.53 bits per heavy atom. The van der Waals surface area contributed by atoms with Gasteiger partial charge in [0.15, 0.2) is 0 Å². The van der Waals surface area contributed by atoms with Crippen molar-refractivity contribution in [3.05, 3.63) is 0 Å². The van der Waals surface area contributed by atoms with Crippen LogP contribution in [0.5, 0.6) is 0 Å². The monoisotopic (exact) mass is 214 g/mol. The molecule has 1 amide bonds. The molecule has 0 heterocycles. The molecule has 0 aliphatic heterocycles. The van der Waals surface area contributed by atoms with Crippen LogP contribution in [0.1, 0.15) is 39.5 Å². The summed E-state index contributed by atoms with van der Waals surface area (Å²) in [4.78, 5) is 11.0. The third-order valence-corrected chi connectivity index (χ3v) is 2.90. The van der Waals surface area contributed by atoms with Gasteiger partial charge in [-0.25, -0.2) is 0 Å². The van der Waals surface area contributed by atoms with Gasteiger partial charge in [-0.2, -0.15) is 0 Å². The summed E-state index contributed by atoms with van der Waals surface area (Å²) in [6.45, 7) is 5.79. The fourth-order valence-electron chi connectivity index (χ4n) is 2.24. The van der Waals surface area contributed by atoms with Crippen LogP contribution in [0, 0.1) is 0 Å². The van der Waals surface area contributed by atoms with Gasteiger partial charge >= 0.3 is 0 Å². The number of hydrogen-bond donors (Lipinski definition) is 2. The van der Waals surface area contributed by atoms with Gasteiger partial charge in [0.05, 0.1) is 6.10 Å². The summed E-state index contributed by atoms with van der Waals surface area (Å²) >= 11 is 0. The van der Waals surface area contributed by atoms with E-state index in [9.17, 15) is 4.79 Å². The van der Waals surface area contributed by atoms with Crippen LogP contribution in [0.3, 0.4) is 0 Å². The van der Waals surface area contributed by atoms with Gasteiger partial charge < -0.3 is 15.8 Å². The molecule has 0 radical (unpaired) electrons. The number of nitrogens with one attached hydrogen (secondary N) is 1. The summed E-state index contributed by atoms with van der Waals surface area (Å²) in [5.41, 5.74) is 5.18. The molecular formula is C11H22N2O2. The van der Waals surface area contributed by atoms with E-state index in [4.69, 9.17) is 10.5 Å². The van der Waals surface area contributed by atoms with E-state index in [1.165, 1.54) is 0 Å². The van der Waals surface area contributed by atoms with Crippen molar-refractivity contribution in [2.75, 3.05) is 13.2 Å². The summed E-state index contributed by atoms with van der Waals surface area (Å²) in [5, 5.41) is 3.42. The van der Waals surface area contributed by atoms with Crippen LogP contribution >= 0.6 is 0 Å². The Kier molecular flexibility index (Phi) is 4.54. The summed E-state index contributed by atoms with van der Waals surface area (Å²) in [5.74, 6) is -0.228. The van der Waals surface area contributed by atoms with E-state index in [-0.39, 0.29) is 11.4 Å². The van der Waals surface area contributed by atoms with Crippen molar-refractivity contribution in [2.45, 2.75) is 51.2 Å². The molecule has 0 aromatic heterocycles. The van der Waals surface area contributed by atoms with E-state index in [2.05, 4.69) is 12.2 Å². The Labute approximate surface area is 91.5 Å². The van der Waals surface area contributed by atoms with Crippen LogP contribution in [-0.2, 0) is 9.53 Å². The first-order chi connectivity index (χ1) is 7.12. The first-order valence-electron chi connectivity index (χ1n) is 5.77. The lowest BCUT2D eigenvalue weighted by molar-refractivity contribution is -0.123. The van der Waals surface area contributed by atoms with Gasteiger partial charge in [0.25, 0.3) is 0 Å². The number of carbonyl (C=O) groups is 1. The second-order valence-electron chi connectivity index (χ2n) is 4.34. The molecule has 0 spiro atoms. The SMILES string of the molecule is CCCNC1(CC(N)=O)CC(OCC)C1. The molecule has 0 aromatic rings. The van der Waals surface area contributed by atoms with Crippen LogP contribution in [-0.4, -0.2) is 30.7 Å². The minimum Gasteiger partial charge on any atom is -0.378 e. The Morgan fingerprint density at radius 3 is 2.67 bits per heavy atom. The van der Waals surface area contributed by atoms with E-state index in [1.807, 2.05) is 6.92 Å². The molecule has 1 aliphatic carbocycles. The maximum absolute atomic E-state index is 11.0. The zero-order valence-corrected chi connectivity index (χ0v) is 9.71. The van der Waals surface area contributed by atoms with Crippen molar-refractivity contribution in [3.63, 3.8) is 0 Å². The van der Waals surface area contributed by atoms with Gasteiger partial charge in [-0.1, -0.05) is 6.92 Å². The van der Waals surface area contributed by atoms with E-state index >= 15 is 0 Å². The molecule has 3 N–H and O–H groups in total. The molecule has 1 rings (SSSR count). The van der Waals surface area contributed by atoms with E-state index in [0.717, 1.165) is 32.4 Å². The van der Waals surface area contributed by atoms with Gasteiger partial charge in [-0.3, -0.25) is 4.79 Å². The first kappa shape index (κ1) is 12.5. The lowest BCUT2D eigenvalue weighted by Crippen LogP contribution is -2.60. The first-order valence-corrected chi connectivity index (χ1v) is 5.77. The normalized spacial score (nSPS) is 29.9. The molecule has 0 unspecified atom stereocenters. The second-order valence-corrected chi connectivity index (χ2v) is 4.34. The molecular weight excluding hydrogens is 192 g/mol. The minimum absolute atomic E-state index is 0.0817. The highest BCUT2D eigenvalue weighted by molar-refractivity contribution is 5.75. The van der Waals surface area contributed by atoms with E-state index in [0.29, 0.717) is 12.5 Å². The maximum atomic E-state index is 11.0. The maximum Gasteiger partial charge on any atom is 0.219 e. The fourth-order valence-corrected chi connectivity index (χ4v) is 2.24. The summed E-state index contributed by atoms with van der Waals surface area (Å²) in [6, 6.07) is 0. The van der Waals surface area contributed by atoms with Gasteiger partial charge in [-0.15, -0.1) is 0 Å². The number of carbonyl (C=O) groups excluding carboxylic acids is 1. The quantitative estimate of drug-likeness (QED) is 0.659. The summed E-state index contributed by atoms with van der Waals surface area (Å²) in [7, 11) is 0. The molecule has 1 fully saturated rings. The van der Waals surface area contributed by atoms with Crippen LogP contribution in [0.4, 0.5) is 0 Å². The van der Waals surface area contributed by atoms with Crippen molar-refractivity contribution < 1.29 is 9.53 Å². The highest BCUT2D eigenvalue weighted by Crippen LogP contribution is 2.37. The molecule has 0 aromatic carbocycles. The molecule has 4 nitrogen and oxygen atoms in total. The second kappa shape index (κ2) is 5.47. The van der Waals surface area contributed by atoms with Crippen LogP contribution in [0.2, 0.25) is 0 Å². The number of hydrogen-bond acceptors (Lipinski definition) is 3. The zero-order valence-electron chi connectivity index (χ0n) is 9.71. The Hall–Kier alpha value is -0.610. The number of nitrogens with two attached hydrogens (primary N) is 1. The summed E-state index contributed by atoms with van der Waals surface area (Å²) < 4.78 is 5.50. The Balaban J connectivity index is 2.39. The topological polar surface area (TPSA) is 64.3 Å². The third-order valence-electron chi connectivity index (χ3n) is 2.90. The third kappa shape index (κ3) is 3.47. The van der Waals surface area contributed by atoms with Crippen LogP contribution < -0.4 is 11.1 Å². The molecule has 0 saturated heterocycles. The molecule has 0 atom stereocenters. The summed E-state index contributed by atoms with van der Waals surface area (Å²) in [6.07, 6.45) is 3.61. The van der Waals surface area contributed by atoms with Crippen molar-refractivity contribution in [1.29, 1.82) is 0 Å². The molecule has 88 valence electrons. The zero-order chi connectivity index (χ0) is 11.3. The van der Waals surface area contributed by atoms with E-state index in [1.54, 1.807) is 0 Å². The van der Waals surface area contributed by atoms with Crippen LogP contribution in [0.25, 0.3) is 0 Å². The van der Waals surface area contributed by atoms with Crippen molar-refractivity contribution in [1.82, 2.24) is 5.32 Å². The highest BCUT2D eigenvalue weighted by Gasteiger charge is 2.45. The molecule has 4 heteroatoms. The van der Waals surface area contributed by atoms with Crippen LogP contribution in [0.15, 0.2) is 0 Å². The average molecular weight is 214 g/mol. The number of rotatable bonds is 7. The Morgan fingerprint density at radius 2 is 2.20 bits per heavy atom. The number of amides is 1. The molecule has 1 saturated carbocycles. The minimum atomic E-state index is -0.228. The van der Waals surface area contributed by atoms with Crippen molar-refractivity contribution in [3.8, 4) is 0 Å².